The van der Waals surface area contributed by atoms with Gasteiger partial charge in [0.15, 0.2) is 4.58 Å². The van der Waals surface area contributed by atoms with Crippen molar-refractivity contribution in [3.63, 3.8) is 0 Å². The molecule has 13 heteroatoms. The molecule has 0 aromatic carbocycles. The Labute approximate surface area is 134 Å². The lowest BCUT2D eigenvalue weighted by Crippen LogP contribution is -2.37. The van der Waals surface area contributed by atoms with E-state index in [1.807, 2.05) is 4.72 Å². The Morgan fingerprint density at radius 1 is 1.24 bits per heavy atom. The first kappa shape index (κ1) is 16.6. The molecule has 0 radical (unpaired) electrons. The summed E-state index contributed by atoms with van der Waals surface area (Å²) in [4.78, 5) is 11.8. The predicted molar refractivity (Wildman–Crippen MR) is 82.6 cm³/mol. The number of allylic oxidation sites excluding steroid dienone is 1. The number of thiophene rings is 1. The number of nitrogens with two attached hydrogens (primary N) is 1. The fourth-order valence-electron chi connectivity index (χ4n) is 1.36. The molecule has 0 saturated carbocycles. The zero-order valence-corrected chi connectivity index (χ0v) is 14.0. The van der Waals surface area contributed by atoms with Crippen LogP contribution in [0.15, 0.2) is 22.6 Å². The molecule has 2 heterocycles. The van der Waals surface area contributed by atoms with Crippen molar-refractivity contribution in [2.45, 2.75) is 4.58 Å². The van der Waals surface area contributed by atoms with Gasteiger partial charge in [-0.1, -0.05) is 11.6 Å². The molecule has 0 aliphatic carbocycles. The van der Waals surface area contributed by atoms with Crippen LogP contribution in [-0.4, -0.2) is 27.2 Å². The van der Waals surface area contributed by atoms with Gasteiger partial charge in [-0.3, -0.25) is 14.2 Å². The highest BCUT2D eigenvalue weighted by molar-refractivity contribution is 8.16. The minimum atomic E-state index is -4.13. The zero-order chi connectivity index (χ0) is 15.8. The zero-order valence-electron chi connectivity index (χ0n) is 9.94. The van der Waals surface area contributed by atoms with Crippen molar-refractivity contribution in [2.24, 2.45) is 5.14 Å². The van der Waals surface area contributed by atoms with Crippen LogP contribution >= 0.6 is 34.7 Å². The summed E-state index contributed by atoms with van der Waals surface area (Å²) in [5, 5.41) is 7.54. The maximum atomic E-state index is 11.8. The molecule has 0 amide bonds. The van der Waals surface area contributed by atoms with Crippen LogP contribution in [0.3, 0.4) is 0 Å². The summed E-state index contributed by atoms with van der Waals surface area (Å²) in [6.45, 7) is 0. The number of hydrogen-bond acceptors (Lipinski definition) is 7. The molecule has 0 spiro atoms. The number of anilines is 1. The van der Waals surface area contributed by atoms with Gasteiger partial charge in [0.1, 0.15) is 10.0 Å². The Kier molecular flexibility index (Phi) is 4.56. The largest absolute Gasteiger partial charge is 0.321 e. The molecule has 1 atom stereocenters. The molecule has 21 heavy (non-hydrogen) atoms. The Balaban J connectivity index is 2.12. The third-order valence-corrected chi connectivity index (χ3v) is 7.12. The first-order valence-electron chi connectivity index (χ1n) is 5.05. The Morgan fingerprint density at radius 2 is 1.90 bits per heavy atom. The number of rotatable bonds is 5. The van der Waals surface area contributed by atoms with Crippen LogP contribution in [0, 0.1) is 0 Å². The van der Waals surface area contributed by atoms with E-state index in [2.05, 4.69) is 4.72 Å². The highest BCUT2D eigenvalue weighted by Crippen LogP contribution is 2.30. The Hall–Kier alpha value is -0.790. The van der Waals surface area contributed by atoms with Crippen molar-refractivity contribution < 1.29 is 21.6 Å². The number of Topliss-reactive ketones (excluding diaryl/α,β-unsaturated/α-hetero) is 1. The van der Waals surface area contributed by atoms with E-state index in [9.17, 15) is 21.6 Å². The van der Waals surface area contributed by atoms with E-state index in [1.165, 1.54) is 6.07 Å². The van der Waals surface area contributed by atoms with E-state index in [-0.39, 0.29) is 15.7 Å². The molecule has 0 saturated heterocycles. The van der Waals surface area contributed by atoms with Crippen LogP contribution in [-0.2, 0) is 25.0 Å². The number of primary sulfonamides is 1. The lowest BCUT2D eigenvalue weighted by Gasteiger charge is -2.10. The van der Waals surface area contributed by atoms with Crippen LogP contribution in [0.4, 0.5) is 5.69 Å². The quantitative estimate of drug-likeness (QED) is 0.667. The molecular weight excluding hydrogens is 382 g/mol. The van der Waals surface area contributed by atoms with Crippen molar-refractivity contribution in [1.82, 2.24) is 4.72 Å². The third kappa shape index (κ3) is 3.90. The topological polar surface area (TPSA) is 135 Å². The summed E-state index contributed by atoms with van der Waals surface area (Å²) in [6.07, 6.45) is 0. The first-order valence-corrected chi connectivity index (χ1v) is 10.3. The average Bonchev–Trinajstić information content (AvgIpc) is 2.86. The predicted octanol–water partition coefficient (Wildman–Crippen LogP) is 0.420. The molecule has 0 fully saturated rings. The fraction of sp³-hybridized carbons (Fsp3) is 0.125. The summed E-state index contributed by atoms with van der Waals surface area (Å²) in [7, 11) is -8.24. The molecule has 8 nitrogen and oxygen atoms in total. The number of halogens is 1. The van der Waals surface area contributed by atoms with Gasteiger partial charge in [0.2, 0.25) is 15.8 Å². The molecule has 1 aromatic rings. The fourth-order valence-corrected chi connectivity index (χ4v) is 5.24. The normalized spacial score (nSPS) is 19.4. The van der Waals surface area contributed by atoms with Gasteiger partial charge in [0, 0.05) is 5.41 Å². The second kappa shape index (κ2) is 5.78. The Bertz CT molecular complexity index is 813. The SMILES string of the molecule is NS(=O)(=O)C1SC=C(NS(=O)(=O)Nc2ccsc2Cl)C1=O. The minimum Gasteiger partial charge on any atom is -0.290 e. The molecular formula is C8H8ClN3O5S4. The molecule has 1 aromatic heterocycles. The molecule has 0 bridgehead atoms. The van der Waals surface area contributed by atoms with Gasteiger partial charge in [0.05, 0.1) is 5.69 Å². The van der Waals surface area contributed by atoms with Gasteiger partial charge in [-0.25, -0.2) is 13.6 Å². The number of carbonyl (C=O) groups is 1. The molecule has 1 aliphatic rings. The van der Waals surface area contributed by atoms with Gasteiger partial charge in [-0.15, -0.1) is 23.1 Å². The highest BCUT2D eigenvalue weighted by atomic mass is 35.5. The van der Waals surface area contributed by atoms with Crippen molar-refractivity contribution in [3.8, 4) is 0 Å². The number of nitrogens with one attached hydrogen (secondary N) is 2. The third-order valence-electron chi connectivity index (χ3n) is 2.19. The molecule has 116 valence electrons. The molecule has 1 unspecified atom stereocenters. The van der Waals surface area contributed by atoms with E-state index in [4.69, 9.17) is 16.7 Å². The number of thioether (sulfide) groups is 1. The maximum Gasteiger partial charge on any atom is 0.321 e. The monoisotopic (exact) mass is 389 g/mol. The summed E-state index contributed by atoms with van der Waals surface area (Å²) in [5.41, 5.74) is -0.228. The Morgan fingerprint density at radius 3 is 2.38 bits per heavy atom. The summed E-state index contributed by atoms with van der Waals surface area (Å²) in [6, 6.07) is 1.44. The summed E-state index contributed by atoms with van der Waals surface area (Å²) >= 11 is 7.49. The van der Waals surface area contributed by atoms with Crippen molar-refractivity contribution in [3.05, 3.63) is 26.9 Å². The lowest BCUT2D eigenvalue weighted by molar-refractivity contribution is -0.113. The van der Waals surface area contributed by atoms with E-state index in [0.717, 1.165) is 16.7 Å². The second-order valence-corrected chi connectivity index (χ2v) is 9.63. The minimum absolute atomic E-state index is 0.149. The van der Waals surface area contributed by atoms with Crippen LogP contribution in [0.1, 0.15) is 0 Å². The van der Waals surface area contributed by atoms with Gasteiger partial charge in [0.25, 0.3) is 0 Å². The van der Waals surface area contributed by atoms with Crippen molar-refractivity contribution in [1.29, 1.82) is 0 Å². The van der Waals surface area contributed by atoms with E-state index in [0.29, 0.717) is 11.8 Å². The highest BCUT2D eigenvalue weighted by Gasteiger charge is 2.38. The number of hydrogen-bond donors (Lipinski definition) is 3. The molecule has 2 rings (SSSR count). The van der Waals surface area contributed by atoms with Crippen LogP contribution < -0.4 is 14.6 Å². The lowest BCUT2D eigenvalue weighted by atomic mass is 10.4. The van der Waals surface area contributed by atoms with E-state index in [1.54, 1.807) is 5.38 Å². The number of carbonyl (C=O) groups excluding carboxylic acids is 1. The average molecular weight is 390 g/mol. The molecule has 4 N–H and O–H groups in total. The second-order valence-electron chi connectivity index (χ2n) is 3.77. The van der Waals surface area contributed by atoms with Crippen molar-refractivity contribution in [2.75, 3.05) is 4.72 Å². The standard InChI is InChI=1S/C8H8ClN3O5S4/c9-7-4(1-2-18-7)11-21(16,17)12-5-3-19-8(6(5)13)20(10,14)15/h1-3,8,11-12H,(H2,10,14,15). The summed E-state index contributed by atoms with van der Waals surface area (Å²) in [5.74, 6) is -0.927. The van der Waals surface area contributed by atoms with Gasteiger partial charge in [-0.2, -0.15) is 8.42 Å². The first-order chi connectivity index (χ1) is 9.60. The maximum absolute atomic E-state index is 11.8. The van der Waals surface area contributed by atoms with Crippen LogP contribution in [0.2, 0.25) is 4.34 Å². The summed E-state index contributed by atoms with van der Waals surface area (Å²) < 4.78 is 48.8. The van der Waals surface area contributed by atoms with Gasteiger partial charge >= 0.3 is 10.2 Å². The number of sulfonamides is 1. The van der Waals surface area contributed by atoms with Crippen LogP contribution in [0.25, 0.3) is 0 Å². The van der Waals surface area contributed by atoms with Gasteiger partial charge in [-0.05, 0) is 11.4 Å². The van der Waals surface area contributed by atoms with E-state index < -0.39 is 30.6 Å². The van der Waals surface area contributed by atoms with Crippen LogP contribution in [0.5, 0.6) is 0 Å². The van der Waals surface area contributed by atoms with Crippen molar-refractivity contribution >= 4 is 66.4 Å². The smallest absolute Gasteiger partial charge is 0.290 e. The van der Waals surface area contributed by atoms with Gasteiger partial charge < -0.3 is 0 Å². The molecule has 1 aliphatic heterocycles. The number of ketones is 1. The van der Waals surface area contributed by atoms with E-state index >= 15 is 0 Å².